The lowest BCUT2D eigenvalue weighted by Crippen LogP contribution is -2.36. The summed E-state index contributed by atoms with van der Waals surface area (Å²) in [5.74, 6) is -0.352. The molecule has 0 spiro atoms. The van der Waals surface area contributed by atoms with Gasteiger partial charge in [-0.15, -0.1) is 0 Å². The first-order chi connectivity index (χ1) is 14.4. The van der Waals surface area contributed by atoms with Crippen LogP contribution in [0.3, 0.4) is 0 Å². The van der Waals surface area contributed by atoms with Crippen LogP contribution < -0.4 is 14.9 Å². The van der Waals surface area contributed by atoms with Crippen molar-refractivity contribution < 1.29 is 17.9 Å². The first kappa shape index (κ1) is 20.6. The molecule has 4 rings (SSSR count). The third kappa shape index (κ3) is 4.72. The Morgan fingerprint density at radius 1 is 1.17 bits per heavy atom. The molecule has 2 N–H and O–H groups in total. The smallest absolute Gasteiger partial charge is 0.255 e. The molecule has 0 atom stereocenters. The van der Waals surface area contributed by atoms with Crippen molar-refractivity contribution in [2.75, 3.05) is 47.0 Å². The fourth-order valence-corrected chi connectivity index (χ4v) is 4.75. The molecule has 1 aromatic heterocycles. The van der Waals surface area contributed by atoms with Crippen LogP contribution in [0.2, 0.25) is 0 Å². The lowest BCUT2D eigenvalue weighted by atomic mass is 10.2. The highest BCUT2D eigenvalue weighted by Gasteiger charge is 2.16. The van der Waals surface area contributed by atoms with Crippen molar-refractivity contribution in [1.82, 2.24) is 4.98 Å². The number of fused-ring (bicyclic) bond motifs is 1. The minimum atomic E-state index is -3.40. The number of anilines is 3. The van der Waals surface area contributed by atoms with Crippen molar-refractivity contribution in [3.63, 3.8) is 0 Å². The van der Waals surface area contributed by atoms with E-state index in [0.29, 0.717) is 30.2 Å². The maximum Gasteiger partial charge on any atom is 0.255 e. The molecule has 158 valence electrons. The number of hydrogen-bond acceptors (Lipinski definition) is 7. The van der Waals surface area contributed by atoms with Gasteiger partial charge < -0.3 is 15.0 Å². The van der Waals surface area contributed by atoms with Gasteiger partial charge in [0.15, 0.2) is 5.13 Å². The number of carbonyl (C=O) groups is 1. The summed E-state index contributed by atoms with van der Waals surface area (Å²) in [7, 11) is -3.40. The van der Waals surface area contributed by atoms with Crippen LogP contribution in [-0.4, -0.2) is 51.4 Å². The quantitative estimate of drug-likeness (QED) is 0.603. The zero-order chi connectivity index (χ0) is 21.1. The Kier molecular flexibility index (Phi) is 5.89. The number of aromatic nitrogens is 1. The van der Waals surface area contributed by atoms with Crippen LogP contribution in [0.5, 0.6) is 0 Å². The summed E-state index contributed by atoms with van der Waals surface area (Å²) >= 11 is 1.58. The predicted molar refractivity (Wildman–Crippen MR) is 120 cm³/mol. The van der Waals surface area contributed by atoms with E-state index in [1.165, 1.54) is 6.07 Å². The van der Waals surface area contributed by atoms with Gasteiger partial charge in [-0.2, -0.15) is 0 Å². The number of nitrogens with zero attached hydrogens (tertiary/aromatic N) is 2. The van der Waals surface area contributed by atoms with Crippen molar-refractivity contribution in [2.45, 2.75) is 6.92 Å². The van der Waals surface area contributed by atoms with E-state index in [0.717, 1.165) is 28.4 Å². The maximum absolute atomic E-state index is 12.7. The van der Waals surface area contributed by atoms with Crippen LogP contribution in [-0.2, 0) is 14.8 Å². The number of hydrogen-bond donors (Lipinski definition) is 2. The number of ether oxygens (including phenoxy) is 1. The average Bonchev–Trinajstić information content (AvgIpc) is 3.18. The number of amides is 1. The second-order valence-electron chi connectivity index (χ2n) is 6.82. The summed E-state index contributed by atoms with van der Waals surface area (Å²) in [5.41, 5.74) is 2.27. The minimum Gasteiger partial charge on any atom is -0.378 e. The van der Waals surface area contributed by atoms with E-state index in [9.17, 15) is 13.2 Å². The van der Waals surface area contributed by atoms with Crippen molar-refractivity contribution in [3.05, 3.63) is 48.0 Å². The molecule has 0 bridgehead atoms. The average molecular weight is 447 g/mol. The van der Waals surface area contributed by atoms with Gasteiger partial charge in [-0.05, 0) is 43.3 Å². The van der Waals surface area contributed by atoms with E-state index in [1.807, 2.05) is 18.2 Å². The predicted octanol–water partition coefficient (Wildman–Crippen LogP) is 3.15. The molecule has 1 aliphatic rings. The lowest BCUT2D eigenvalue weighted by molar-refractivity contribution is 0.102. The summed E-state index contributed by atoms with van der Waals surface area (Å²) in [6.07, 6.45) is 0. The molecule has 0 unspecified atom stereocenters. The summed E-state index contributed by atoms with van der Waals surface area (Å²) in [6.45, 7) is 4.59. The number of morpholine rings is 1. The van der Waals surface area contributed by atoms with Gasteiger partial charge in [-0.3, -0.25) is 9.52 Å². The molecular weight excluding hydrogens is 424 g/mol. The molecule has 1 amide bonds. The van der Waals surface area contributed by atoms with Crippen LogP contribution >= 0.6 is 11.3 Å². The van der Waals surface area contributed by atoms with Crippen LogP contribution in [0.1, 0.15) is 17.3 Å². The molecule has 8 nitrogen and oxygen atoms in total. The van der Waals surface area contributed by atoms with Crippen molar-refractivity contribution in [2.24, 2.45) is 0 Å². The molecular formula is C20H22N4O4S2. The van der Waals surface area contributed by atoms with E-state index in [1.54, 1.807) is 36.5 Å². The van der Waals surface area contributed by atoms with E-state index in [-0.39, 0.29) is 11.7 Å². The summed E-state index contributed by atoms with van der Waals surface area (Å²) in [4.78, 5) is 19.6. The highest BCUT2D eigenvalue weighted by molar-refractivity contribution is 7.92. The van der Waals surface area contributed by atoms with Crippen molar-refractivity contribution in [3.8, 4) is 0 Å². The molecule has 0 aliphatic carbocycles. The van der Waals surface area contributed by atoms with Crippen LogP contribution in [0.25, 0.3) is 10.2 Å². The van der Waals surface area contributed by atoms with Gasteiger partial charge >= 0.3 is 0 Å². The Bertz CT molecular complexity index is 1170. The van der Waals surface area contributed by atoms with Crippen LogP contribution in [0.4, 0.5) is 16.5 Å². The largest absolute Gasteiger partial charge is 0.378 e. The molecule has 1 saturated heterocycles. The lowest BCUT2D eigenvalue weighted by Gasteiger charge is -2.25. The highest BCUT2D eigenvalue weighted by Crippen LogP contribution is 2.31. The molecule has 10 heteroatoms. The number of rotatable bonds is 6. The molecule has 0 radical (unpaired) electrons. The molecule has 30 heavy (non-hydrogen) atoms. The standard InChI is InChI=1S/C20H22N4O4S2/c1-2-30(26,27)23-16-5-3-4-14(12-16)19(25)21-15-6-7-17-18(13-15)29-20(22-17)24-8-10-28-11-9-24/h3-7,12-13,23H,2,8-11H2,1H3,(H,21,25). The van der Waals surface area contributed by atoms with Gasteiger partial charge in [0.2, 0.25) is 10.0 Å². The first-order valence-electron chi connectivity index (χ1n) is 9.59. The molecule has 0 saturated carbocycles. The highest BCUT2D eigenvalue weighted by atomic mass is 32.2. The monoisotopic (exact) mass is 446 g/mol. The van der Waals surface area contributed by atoms with E-state index in [4.69, 9.17) is 4.74 Å². The molecule has 2 heterocycles. The Hall–Kier alpha value is -2.69. The SMILES string of the molecule is CCS(=O)(=O)Nc1cccc(C(=O)Nc2ccc3nc(N4CCOCC4)sc3c2)c1. The number of carbonyl (C=O) groups excluding carboxylic acids is 1. The summed E-state index contributed by atoms with van der Waals surface area (Å²) in [5, 5.41) is 3.82. The second-order valence-corrected chi connectivity index (χ2v) is 9.84. The second kappa shape index (κ2) is 8.58. The number of thiazole rings is 1. The van der Waals surface area contributed by atoms with Gasteiger partial charge in [0, 0.05) is 30.0 Å². The van der Waals surface area contributed by atoms with Gasteiger partial charge in [0.25, 0.3) is 5.91 Å². The van der Waals surface area contributed by atoms with Crippen molar-refractivity contribution >= 4 is 54.0 Å². The zero-order valence-electron chi connectivity index (χ0n) is 16.4. The number of sulfonamides is 1. The molecule has 2 aromatic carbocycles. The van der Waals surface area contributed by atoms with Gasteiger partial charge in [-0.25, -0.2) is 13.4 Å². The Morgan fingerprint density at radius 2 is 1.97 bits per heavy atom. The van der Waals surface area contributed by atoms with E-state index < -0.39 is 10.0 Å². The van der Waals surface area contributed by atoms with Gasteiger partial charge in [0.05, 0.1) is 29.2 Å². The van der Waals surface area contributed by atoms with Gasteiger partial charge in [-0.1, -0.05) is 17.4 Å². The summed E-state index contributed by atoms with van der Waals surface area (Å²) < 4.78 is 32.3. The zero-order valence-corrected chi connectivity index (χ0v) is 18.1. The van der Waals surface area contributed by atoms with E-state index in [2.05, 4.69) is 19.9 Å². The Labute approximate surface area is 178 Å². The normalized spacial score (nSPS) is 14.6. The minimum absolute atomic E-state index is 0.0370. The molecule has 3 aromatic rings. The Morgan fingerprint density at radius 3 is 2.73 bits per heavy atom. The maximum atomic E-state index is 12.7. The topological polar surface area (TPSA) is 101 Å². The fourth-order valence-electron chi connectivity index (χ4n) is 3.06. The first-order valence-corrected chi connectivity index (χ1v) is 12.1. The van der Waals surface area contributed by atoms with Crippen LogP contribution in [0.15, 0.2) is 42.5 Å². The third-order valence-electron chi connectivity index (χ3n) is 4.69. The Balaban J connectivity index is 1.50. The third-order valence-corrected chi connectivity index (χ3v) is 7.08. The van der Waals surface area contributed by atoms with E-state index >= 15 is 0 Å². The fraction of sp³-hybridized carbons (Fsp3) is 0.300. The molecule has 1 aliphatic heterocycles. The van der Waals surface area contributed by atoms with Crippen molar-refractivity contribution in [1.29, 1.82) is 0 Å². The molecule has 1 fully saturated rings. The van der Waals surface area contributed by atoms with Crippen LogP contribution in [0, 0.1) is 0 Å². The van der Waals surface area contributed by atoms with Gasteiger partial charge in [0.1, 0.15) is 0 Å². The number of benzene rings is 2. The summed E-state index contributed by atoms with van der Waals surface area (Å²) in [6, 6.07) is 12.0. The number of nitrogens with one attached hydrogen (secondary N) is 2.